The molecule has 1 aliphatic heterocycles. The molecule has 1 aromatic rings. The monoisotopic (exact) mass is 298 g/mol. The minimum absolute atomic E-state index is 0.0155. The van der Waals surface area contributed by atoms with Crippen LogP contribution in [0.2, 0.25) is 5.02 Å². The lowest BCUT2D eigenvalue weighted by Crippen LogP contribution is -3.12. The molecule has 2 rings (SSSR count). The summed E-state index contributed by atoms with van der Waals surface area (Å²) >= 11 is 5.88. The molecule has 20 heavy (non-hydrogen) atoms. The highest BCUT2D eigenvalue weighted by atomic mass is 35.5. The van der Waals surface area contributed by atoms with Gasteiger partial charge in [-0.1, -0.05) is 11.6 Å². The molecule has 5 nitrogen and oxygen atoms in total. The molecule has 0 aromatic heterocycles. The van der Waals surface area contributed by atoms with Crippen molar-refractivity contribution in [3.8, 4) is 5.75 Å². The molecule has 0 unspecified atom stereocenters. The van der Waals surface area contributed by atoms with Gasteiger partial charge in [-0.05, 0) is 30.7 Å². The number of hydrogen-bond donors (Lipinski definition) is 2. The third-order valence-corrected chi connectivity index (χ3v) is 3.63. The predicted octanol–water partition coefficient (Wildman–Crippen LogP) is -0.111. The first-order valence-electron chi connectivity index (χ1n) is 6.79. The van der Waals surface area contributed by atoms with Gasteiger partial charge in [0.05, 0.1) is 33.2 Å². The van der Waals surface area contributed by atoms with Crippen LogP contribution < -0.4 is 15.1 Å². The van der Waals surface area contributed by atoms with Crippen LogP contribution in [-0.4, -0.2) is 50.7 Å². The zero-order chi connectivity index (χ0) is 14.5. The zero-order valence-electron chi connectivity index (χ0n) is 11.9. The number of amides is 1. The van der Waals surface area contributed by atoms with E-state index in [1.54, 1.807) is 12.1 Å². The summed E-state index contributed by atoms with van der Waals surface area (Å²) in [5.74, 6) is 0.561. The average molecular weight is 299 g/mol. The van der Waals surface area contributed by atoms with Crippen molar-refractivity contribution < 1.29 is 14.4 Å². The first kappa shape index (κ1) is 15.1. The number of benzene rings is 1. The van der Waals surface area contributed by atoms with Gasteiger partial charge in [0.15, 0.2) is 6.61 Å². The highest BCUT2D eigenvalue weighted by Crippen LogP contribution is 2.21. The number of piperazine rings is 1. The fraction of sp³-hybridized carbons (Fsp3) is 0.500. The molecule has 1 fully saturated rings. The zero-order valence-corrected chi connectivity index (χ0v) is 12.7. The van der Waals surface area contributed by atoms with Crippen molar-refractivity contribution in [2.45, 2.75) is 6.92 Å². The van der Waals surface area contributed by atoms with Gasteiger partial charge in [-0.3, -0.25) is 10.2 Å². The van der Waals surface area contributed by atoms with E-state index in [4.69, 9.17) is 16.3 Å². The largest absolute Gasteiger partial charge is 0.483 e. The van der Waals surface area contributed by atoms with Crippen molar-refractivity contribution in [3.63, 3.8) is 0 Å². The number of hydrogen-bond acceptors (Lipinski definition) is 3. The molecule has 0 aliphatic carbocycles. The smallest absolute Gasteiger partial charge is 0.272 e. The number of ether oxygens (including phenoxy) is 1. The van der Waals surface area contributed by atoms with Crippen molar-refractivity contribution in [3.05, 3.63) is 28.8 Å². The molecule has 1 aliphatic rings. The first-order chi connectivity index (χ1) is 9.54. The van der Waals surface area contributed by atoms with Gasteiger partial charge in [-0.15, -0.1) is 0 Å². The highest BCUT2D eigenvalue weighted by molar-refractivity contribution is 6.30. The molecule has 110 valence electrons. The molecular formula is C14H21ClN3O2+. The summed E-state index contributed by atoms with van der Waals surface area (Å²) in [7, 11) is 2.16. The molecule has 1 saturated heterocycles. The summed E-state index contributed by atoms with van der Waals surface area (Å²) in [6, 6.07) is 5.35. The maximum absolute atomic E-state index is 11.8. The molecule has 0 atom stereocenters. The SMILES string of the molecule is Cc1cc(Cl)ccc1OCC(=O)NN1CC[NH+](C)CC1. The summed E-state index contributed by atoms with van der Waals surface area (Å²) in [5, 5.41) is 2.62. The Hall–Kier alpha value is -1.30. The number of carbonyl (C=O) groups is 1. The normalized spacial score (nSPS) is 16.9. The van der Waals surface area contributed by atoms with E-state index in [1.807, 2.05) is 18.0 Å². The summed E-state index contributed by atoms with van der Waals surface area (Å²) in [6.07, 6.45) is 0. The maximum atomic E-state index is 11.8. The topological polar surface area (TPSA) is 46.0 Å². The molecule has 0 spiro atoms. The van der Waals surface area contributed by atoms with E-state index in [0.29, 0.717) is 10.8 Å². The summed E-state index contributed by atoms with van der Waals surface area (Å²) < 4.78 is 5.51. The van der Waals surface area contributed by atoms with E-state index in [9.17, 15) is 4.79 Å². The molecule has 6 heteroatoms. The van der Waals surface area contributed by atoms with Crippen molar-refractivity contribution in [1.82, 2.24) is 10.4 Å². The van der Waals surface area contributed by atoms with E-state index in [-0.39, 0.29) is 12.5 Å². The lowest BCUT2D eigenvalue weighted by Gasteiger charge is -2.30. The average Bonchev–Trinajstić information content (AvgIpc) is 2.40. The molecular weight excluding hydrogens is 278 g/mol. The molecule has 0 radical (unpaired) electrons. The Labute approximate surface area is 124 Å². The van der Waals surface area contributed by atoms with E-state index in [1.165, 1.54) is 4.90 Å². The molecule has 0 bridgehead atoms. The first-order valence-corrected chi connectivity index (χ1v) is 7.17. The fourth-order valence-electron chi connectivity index (χ4n) is 2.13. The number of carbonyl (C=O) groups excluding carboxylic acids is 1. The van der Waals surface area contributed by atoms with Gasteiger partial charge in [0.25, 0.3) is 5.91 Å². The Kier molecular flexibility index (Phi) is 5.23. The number of quaternary nitrogens is 1. The van der Waals surface area contributed by atoms with Crippen LogP contribution >= 0.6 is 11.6 Å². The van der Waals surface area contributed by atoms with E-state index in [0.717, 1.165) is 31.7 Å². The van der Waals surface area contributed by atoms with Crippen LogP contribution in [0.4, 0.5) is 0 Å². The molecule has 1 aromatic carbocycles. The third kappa shape index (κ3) is 4.37. The van der Waals surface area contributed by atoms with Crippen molar-refractivity contribution in [2.24, 2.45) is 0 Å². The predicted molar refractivity (Wildman–Crippen MR) is 78.0 cm³/mol. The Morgan fingerprint density at radius 1 is 1.45 bits per heavy atom. The van der Waals surface area contributed by atoms with Gasteiger partial charge in [-0.25, -0.2) is 5.01 Å². The van der Waals surface area contributed by atoms with Gasteiger partial charge in [0.1, 0.15) is 5.75 Å². The molecule has 1 heterocycles. The minimum Gasteiger partial charge on any atom is -0.483 e. The quantitative estimate of drug-likeness (QED) is 0.815. The summed E-state index contributed by atoms with van der Waals surface area (Å²) in [5.41, 5.74) is 3.80. The number of hydrazine groups is 1. The van der Waals surface area contributed by atoms with Crippen LogP contribution in [-0.2, 0) is 4.79 Å². The van der Waals surface area contributed by atoms with Crippen molar-refractivity contribution >= 4 is 17.5 Å². The van der Waals surface area contributed by atoms with Crippen LogP contribution in [0, 0.1) is 6.92 Å². The number of likely N-dealkylation sites (N-methyl/N-ethyl adjacent to an activating group) is 1. The molecule has 2 N–H and O–H groups in total. The van der Waals surface area contributed by atoms with E-state index >= 15 is 0 Å². The number of rotatable bonds is 4. The van der Waals surface area contributed by atoms with Crippen LogP contribution in [0.1, 0.15) is 5.56 Å². The second-order valence-corrected chi connectivity index (χ2v) is 5.61. The van der Waals surface area contributed by atoms with E-state index < -0.39 is 0 Å². The third-order valence-electron chi connectivity index (χ3n) is 3.40. The van der Waals surface area contributed by atoms with Crippen LogP contribution in [0.5, 0.6) is 5.75 Å². The van der Waals surface area contributed by atoms with Crippen LogP contribution in [0.15, 0.2) is 18.2 Å². The number of nitrogens with zero attached hydrogens (tertiary/aromatic N) is 1. The van der Waals surface area contributed by atoms with Gasteiger partial charge >= 0.3 is 0 Å². The maximum Gasteiger partial charge on any atom is 0.272 e. The second-order valence-electron chi connectivity index (χ2n) is 5.18. The highest BCUT2D eigenvalue weighted by Gasteiger charge is 2.18. The standard InChI is InChI=1S/C14H20ClN3O2/c1-11-9-12(15)3-4-13(11)20-10-14(19)16-18-7-5-17(2)6-8-18/h3-4,9H,5-8,10H2,1-2H3,(H,16,19)/p+1. The van der Waals surface area contributed by atoms with E-state index in [2.05, 4.69) is 12.5 Å². The molecule has 0 saturated carbocycles. The fourth-order valence-corrected chi connectivity index (χ4v) is 2.35. The lowest BCUT2D eigenvalue weighted by molar-refractivity contribution is -0.884. The number of halogens is 1. The van der Waals surface area contributed by atoms with Gasteiger partial charge in [-0.2, -0.15) is 0 Å². The Morgan fingerprint density at radius 3 is 2.80 bits per heavy atom. The van der Waals surface area contributed by atoms with Gasteiger partial charge in [0.2, 0.25) is 0 Å². The van der Waals surface area contributed by atoms with Crippen LogP contribution in [0.25, 0.3) is 0 Å². The Balaban J connectivity index is 1.77. The van der Waals surface area contributed by atoms with Gasteiger partial charge in [0, 0.05) is 5.02 Å². The molecule has 1 amide bonds. The van der Waals surface area contributed by atoms with Crippen molar-refractivity contribution in [2.75, 3.05) is 39.8 Å². The Bertz CT molecular complexity index is 473. The second kappa shape index (κ2) is 6.92. The van der Waals surface area contributed by atoms with Crippen LogP contribution in [0.3, 0.4) is 0 Å². The minimum atomic E-state index is -0.126. The Morgan fingerprint density at radius 2 is 2.15 bits per heavy atom. The number of nitrogens with one attached hydrogen (secondary N) is 2. The van der Waals surface area contributed by atoms with Crippen molar-refractivity contribution in [1.29, 1.82) is 0 Å². The number of aryl methyl sites for hydroxylation is 1. The van der Waals surface area contributed by atoms with Gasteiger partial charge < -0.3 is 9.64 Å². The summed E-state index contributed by atoms with van der Waals surface area (Å²) in [4.78, 5) is 13.3. The summed E-state index contributed by atoms with van der Waals surface area (Å²) in [6.45, 7) is 5.74. The lowest BCUT2D eigenvalue weighted by atomic mass is 10.2.